The van der Waals surface area contributed by atoms with Gasteiger partial charge in [0.05, 0.1) is 17.8 Å². The van der Waals surface area contributed by atoms with Gasteiger partial charge in [0.15, 0.2) is 6.61 Å². The van der Waals surface area contributed by atoms with Gasteiger partial charge in [0.1, 0.15) is 5.75 Å². The third-order valence-corrected chi connectivity index (χ3v) is 3.63. The lowest BCUT2D eigenvalue weighted by Gasteiger charge is -2.30. The predicted molar refractivity (Wildman–Crippen MR) is 81.3 cm³/mol. The van der Waals surface area contributed by atoms with Crippen molar-refractivity contribution in [3.05, 3.63) is 59.2 Å². The van der Waals surface area contributed by atoms with Crippen LogP contribution in [0.1, 0.15) is 21.5 Å². The average molecular weight is 297 g/mol. The highest BCUT2D eigenvalue weighted by Gasteiger charge is 2.26. The Hall–Kier alpha value is -2.82. The fourth-order valence-electron chi connectivity index (χ4n) is 2.52. The Labute approximate surface area is 127 Å². The van der Waals surface area contributed by atoms with Gasteiger partial charge in [-0.3, -0.25) is 4.79 Å². The van der Waals surface area contributed by atoms with Gasteiger partial charge in [0.2, 0.25) is 0 Å². The van der Waals surface area contributed by atoms with E-state index in [-0.39, 0.29) is 24.6 Å². The van der Waals surface area contributed by atoms with Gasteiger partial charge in [-0.2, -0.15) is 0 Å². The standard InChI is InChI=1S/C17H15NO4/c1-11-6-7-14-15(8-11)22-10-16(19)18(14)9-12-4-2-3-5-13(12)17(20)21/h2-8H,9-10H2,1H3,(H,20,21). The number of carbonyl (C=O) groups excluding carboxylic acids is 1. The van der Waals surface area contributed by atoms with Crippen molar-refractivity contribution in [3.8, 4) is 5.75 Å². The molecule has 1 aliphatic rings. The summed E-state index contributed by atoms with van der Waals surface area (Å²) in [5.74, 6) is -0.538. The van der Waals surface area contributed by atoms with E-state index in [1.807, 2.05) is 25.1 Å². The lowest BCUT2D eigenvalue weighted by molar-refractivity contribution is -0.121. The molecule has 2 aromatic carbocycles. The Bertz CT molecular complexity index is 754. The van der Waals surface area contributed by atoms with Gasteiger partial charge in [-0.25, -0.2) is 4.79 Å². The molecule has 22 heavy (non-hydrogen) atoms. The van der Waals surface area contributed by atoms with Crippen molar-refractivity contribution in [1.29, 1.82) is 0 Å². The number of ether oxygens (including phenoxy) is 1. The number of rotatable bonds is 3. The van der Waals surface area contributed by atoms with Crippen LogP contribution >= 0.6 is 0 Å². The summed E-state index contributed by atoms with van der Waals surface area (Å²) in [7, 11) is 0. The fourth-order valence-corrected chi connectivity index (χ4v) is 2.52. The molecule has 1 heterocycles. The number of benzene rings is 2. The molecule has 0 saturated carbocycles. The topological polar surface area (TPSA) is 66.8 Å². The van der Waals surface area contributed by atoms with Gasteiger partial charge in [-0.15, -0.1) is 0 Å². The summed E-state index contributed by atoms with van der Waals surface area (Å²) in [4.78, 5) is 25.1. The Morgan fingerprint density at radius 2 is 2.05 bits per heavy atom. The third-order valence-electron chi connectivity index (χ3n) is 3.63. The number of amides is 1. The quantitative estimate of drug-likeness (QED) is 0.945. The summed E-state index contributed by atoms with van der Waals surface area (Å²) < 4.78 is 5.45. The van der Waals surface area contributed by atoms with Crippen LogP contribution in [0.25, 0.3) is 0 Å². The highest BCUT2D eigenvalue weighted by Crippen LogP contribution is 2.34. The van der Waals surface area contributed by atoms with Crippen LogP contribution in [0.3, 0.4) is 0 Å². The number of nitrogens with zero attached hydrogens (tertiary/aromatic N) is 1. The second-order valence-electron chi connectivity index (χ2n) is 5.20. The van der Waals surface area contributed by atoms with E-state index in [1.54, 1.807) is 29.2 Å². The number of hydrogen-bond acceptors (Lipinski definition) is 3. The van der Waals surface area contributed by atoms with Gasteiger partial charge < -0.3 is 14.7 Å². The number of aryl methyl sites for hydroxylation is 1. The van der Waals surface area contributed by atoms with Crippen LogP contribution in [-0.2, 0) is 11.3 Å². The molecule has 0 spiro atoms. The van der Waals surface area contributed by atoms with Crippen LogP contribution in [0.5, 0.6) is 5.75 Å². The number of carboxylic acid groups (broad SMARTS) is 1. The van der Waals surface area contributed by atoms with Crippen LogP contribution in [0.2, 0.25) is 0 Å². The molecular weight excluding hydrogens is 282 g/mol. The predicted octanol–water partition coefficient (Wildman–Crippen LogP) is 2.62. The third kappa shape index (κ3) is 2.53. The van der Waals surface area contributed by atoms with Crippen molar-refractivity contribution in [2.75, 3.05) is 11.5 Å². The fraction of sp³-hybridized carbons (Fsp3) is 0.176. The number of hydrogen-bond donors (Lipinski definition) is 1. The molecule has 1 aliphatic heterocycles. The molecule has 5 nitrogen and oxygen atoms in total. The summed E-state index contributed by atoms with van der Waals surface area (Å²) in [6, 6.07) is 12.3. The van der Waals surface area contributed by atoms with Crippen LogP contribution < -0.4 is 9.64 Å². The Morgan fingerprint density at radius 3 is 2.82 bits per heavy atom. The summed E-state index contributed by atoms with van der Waals surface area (Å²) in [5, 5.41) is 9.26. The van der Waals surface area contributed by atoms with Crippen LogP contribution in [0.15, 0.2) is 42.5 Å². The van der Waals surface area contributed by atoms with Crippen LogP contribution in [0, 0.1) is 6.92 Å². The van der Waals surface area contributed by atoms with Gasteiger partial charge in [-0.05, 0) is 36.2 Å². The van der Waals surface area contributed by atoms with Gasteiger partial charge >= 0.3 is 5.97 Å². The summed E-state index contributed by atoms with van der Waals surface area (Å²) in [6.45, 7) is 2.12. The zero-order valence-corrected chi connectivity index (χ0v) is 12.1. The summed E-state index contributed by atoms with van der Waals surface area (Å²) in [6.07, 6.45) is 0. The van der Waals surface area contributed by atoms with Gasteiger partial charge in [0, 0.05) is 0 Å². The monoisotopic (exact) mass is 297 g/mol. The molecule has 5 heteroatoms. The maximum absolute atomic E-state index is 12.2. The molecule has 0 radical (unpaired) electrons. The summed E-state index contributed by atoms with van der Waals surface area (Å²) >= 11 is 0. The zero-order chi connectivity index (χ0) is 15.7. The molecule has 0 aliphatic carbocycles. The largest absolute Gasteiger partial charge is 0.482 e. The minimum atomic E-state index is -1.000. The van der Waals surface area contributed by atoms with Crippen molar-refractivity contribution in [2.24, 2.45) is 0 Å². The Kier molecular flexibility index (Phi) is 3.55. The number of carboxylic acids is 1. The molecule has 0 saturated heterocycles. The van der Waals surface area contributed by atoms with Crippen molar-refractivity contribution in [3.63, 3.8) is 0 Å². The smallest absolute Gasteiger partial charge is 0.336 e. The molecular formula is C17H15NO4. The van der Waals surface area contributed by atoms with Crippen molar-refractivity contribution >= 4 is 17.6 Å². The second kappa shape index (κ2) is 5.52. The SMILES string of the molecule is Cc1ccc2c(c1)OCC(=O)N2Cc1ccccc1C(=O)O. The summed E-state index contributed by atoms with van der Waals surface area (Å²) in [5.41, 5.74) is 2.51. The zero-order valence-electron chi connectivity index (χ0n) is 12.1. The molecule has 112 valence electrons. The van der Waals surface area contributed by atoms with Gasteiger partial charge in [0.25, 0.3) is 5.91 Å². The van der Waals surface area contributed by atoms with Gasteiger partial charge in [-0.1, -0.05) is 24.3 Å². The number of anilines is 1. The Balaban J connectivity index is 1.99. The number of fused-ring (bicyclic) bond motifs is 1. The molecule has 1 amide bonds. The Morgan fingerprint density at radius 1 is 1.27 bits per heavy atom. The first-order valence-electron chi connectivity index (χ1n) is 6.91. The molecule has 0 unspecified atom stereocenters. The van der Waals surface area contributed by atoms with Crippen molar-refractivity contribution in [2.45, 2.75) is 13.5 Å². The molecule has 2 aromatic rings. The van der Waals surface area contributed by atoms with E-state index in [9.17, 15) is 14.7 Å². The molecule has 3 rings (SSSR count). The molecule has 0 fully saturated rings. The molecule has 0 bridgehead atoms. The second-order valence-corrected chi connectivity index (χ2v) is 5.20. The normalized spacial score (nSPS) is 13.5. The number of carbonyl (C=O) groups is 2. The lowest BCUT2D eigenvalue weighted by Crippen LogP contribution is -2.38. The number of aromatic carboxylic acids is 1. The highest BCUT2D eigenvalue weighted by atomic mass is 16.5. The maximum Gasteiger partial charge on any atom is 0.336 e. The lowest BCUT2D eigenvalue weighted by atomic mass is 10.1. The van der Waals surface area contributed by atoms with Crippen molar-refractivity contribution < 1.29 is 19.4 Å². The van der Waals surface area contributed by atoms with Crippen molar-refractivity contribution in [1.82, 2.24) is 0 Å². The van der Waals surface area contributed by atoms with E-state index in [0.29, 0.717) is 17.0 Å². The van der Waals surface area contributed by atoms with Crippen LogP contribution in [0.4, 0.5) is 5.69 Å². The van der Waals surface area contributed by atoms with E-state index < -0.39 is 5.97 Å². The molecule has 1 N–H and O–H groups in total. The molecule has 0 atom stereocenters. The highest BCUT2D eigenvalue weighted by molar-refractivity contribution is 5.98. The van der Waals surface area contributed by atoms with E-state index in [1.165, 1.54) is 0 Å². The first-order valence-corrected chi connectivity index (χ1v) is 6.91. The van der Waals surface area contributed by atoms with E-state index in [0.717, 1.165) is 5.56 Å². The average Bonchev–Trinajstić information content (AvgIpc) is 2.50. The van der Waals surface area contributed by atoms with Crippen LogP contribution in [-0.4, -0.2) is 23.6 Å². The van der Waals surface area contributed by atoms with E-state index >= 15 is 0 Å². The minimum absolute atomic E-state index is 0.0360. The first kappa shape index (κ1) is 14.1. The minimum Gasteiger partial charge on any atom is -0.482 e. The maximum atomic E-state index is 12.2. The first-order chi connectivity index (χ1) is 10.6. The van der Waals surface area contributed by atoms with E-state index in [2.05, 4.69) is 0 Å². The van der Waals surface area contributed by atoms with E-state index in [4.69, 9.17) is 4.74 Å². The molecule has 0 aromatic heterocycles.